The highest BCUT2D eigenvalue weighted by Crippen LogP contribution is 2.47. The molecule has 2 heterocycles. The van der Waals surface area contributed by atoms with E-state index in [-0.39, 0.29) is 24.0 Å². The van der Waals surface area contributed by atoms with E-state index >= 15 is 0 Å². The van der Waals surface area contributed by atoms with Crippen LogP contribution < -0.4 is 11.5 Å². The molecule has 0 saturated heterocycles. The summed E-state index contributed by atoms with van der Waals surface area (Å²) in [7, 11) is 0. The SMILES string of the molecule is C[C@@H]1c2c(-c3cccc4c3CCN(C(=O)OC(C)(C)C)C4)ccc(C(N)=O)c2C[C@@H]1C.C[C@H]1Cc2c(C(N)=O)ccc(-c3cccc4c3CCN(C(=O)OC(C)(C)C)C4)c2[C@@H]1C. The molecule has 4 atom stereocenters. The van der Waals surface area contributed by atoms with Gasteiger partial charge in [-0.1, -0.05) is 76.2 Å². The van der Waals surface area contributed by atoms with Gasteiger partial charge in [0, 0.05) is 37.3 Å². The average Bonchev–Trinajstić information content (AvgIpc) is 3.67. The van der Waals surface area contributed by atoms with Gasteiger partial charge in [0.25, 0.3) is 0 Å². The predicted molar refractivity (Wildman–Crippen MR) is 244 cm³/mol. The first kappa shape index (κ1) is 44.4. The third-order valence-electron chi connectivity index (χ3n) is 13.3. The van der Waals surface area contributed by atoms with Crippen molar-refractivity contribution in [2.75, 3.05) is 13.1 Å². The summed E-state index contributed by atoms with van der Waals surface area (Å²) < 4.78 is 11.1. The second kappa shape index (κ2) is 16.9. The number of amides is 4. The minimum atomic E-state index is -0.505. The second-order valence-corrected chi connectivity index (χ2v) is 20.0. The highest BCUT2D eigenvalue weighted by Gasteiger charge is 2.35. The van der Waals surface area contributed by atoms with Gasteiger partial charge in [-0.3, -0.25) is 9.59 Å². The van der Waals surface area contributed by atoms with Gasteiger partial charge in [0.2, 0.25) is 11.8 Å². The molecule has 4 N–H and O–H groups in total. The largest absolute Gasteiger partial charge is 0.444 e. The first-order valence-electron chi connectivity index (χ1n) is 22.2. The average molecular weight is 841 g/mol. The molecule has 0 unspecified atom stereocenters. The van der Waals surface area contributed by atoms with E-state index in [1.165, 1.54) is 44.5 Å². The zero-order valence-electron chi connectivity index (χ0n) is 38.2. The zero-order valence-corrected chi connectivity index (χ0v) is 38.2. The van der Waals surface area contributed by atoms with Gasteiger partial charge >= 0.3 is 12.2 Å². The molecule has 4 aromatic carbocycles. The van der Waals surface area contributed by atoms with Crippen molar-refractivity contribution in [1.82, 2.24) is 9.80 Å². The van der Waals surface area contributed by atoms with Crippen molar-refractivity contribution in [2.45, 2.75) is 131 Å². The van der Waals surface area contributed by atoms with Crippen molar-refractivity contribution in [2.24, 2.45) is 23.3 Å². The number of nitrogens with two attached hydrogens (primary N) is 2. The Kier molecular flexibility index (Phi) is 12.1. The van der Waals surface area contributed by atoms with Gasteiger partial charge in [-0.25, -0.2) is 9.59 Å². The summed E-state index contributed by atoms with van der Waals surface area (Å²) >= 11 is 0. The van der Waals surface area contributed by atoms with E-state index in [4.69, 9.17) is 20.9 Å². The number of carbonyl (C=O) groups is 4. The zero-order chi connectivity index (χ0) is 45.0. The van der Waals surface area contributed by atoms with Crippen molar-refractivity contribution >= 4 is 24.0 Å². The lowest BCUT2D eigenvalue weighted by Crippen LogP contribution is -2.40. The Morgan fingerprint density at radius 1 is 0.532 bits per heavy atom. The molecule has 4 amide bonds. The lowest BCUT2D eigenvalue weighted by atomic mass is 9.84. The monoisotopic (exact) mass is 840 g/mol. The van der Waals surface area contributed by atoms with E-state index in [2.05, 4.69) is 76.2 Å². The van der Waals surface area contributed by atoms with Gasteiger partial charge in [-0.15, -0.1) is 0 Å². The molecule has 328 valence electrons. The maximum absolute atomic E-state index is 12.6. The Morgan fingerprint density at radius 2 is 0.903 bits per heavy atom. The minimum Gasteiger partial charge on any atom is -0.444 e. The smallest absolute Gasteiger partial charge is 0.410 e. The number of ether oxygens (including phenoxy) is 2. The Bertz CT molecular complexity index is 2270. The van der Waals surface area contributed by atoms with E-state index < -0.39 is 11.2 Å². The summed E-state index contributed by atoms with van der Waals surface area (Å²) in [5.74, 6) is 0.955. The standard InChI is InChI=1S/2C26H32N2O3/c2*1-15-13-22-21(24(27)29)10-9-20(23(22)16(15)2)19-8-6-7-17-14-28(12-11-18(17)19)25(30)31-26(3,4)5/h2*6-10,15-16H,11-14H2,1-5H3,(H2,27,29)/t15-,16+;15-,16-/m00/s1. The maximum Gasteiger partial charge on any atom is 0.410 e. The van der Waals surface area contributed by atoms with E-state index in [1.807, 2.05) is 53.7 Å². The van der Waals surface area contributed by atoms with E-state index in [0.717, 1.165) is 47.9 Å². The molecule has 62 heavy (non-hydrogen) atoms. The van der Waals surface area contributed by atoms with Crippen LogP contribution in [0.15, 0.2) is 60.7 Å². The number of hydrogen-bond donors (Lipinski definition) is 2. The van der Waals surface area contributed by atoms with Crippen LogP contribution in [0, 0.1) is 11.8 Å². The number of hydrogen-bond acceptors (Lipinski definition) is 6. The number of benzene rings is 4. The van der Waals surface area contributed by atoms with Gasteiger partial charge < -0.3 is 30.7 Å². The molecule has 2 aliphatic carbocycles. The van der Waals surface area contributed by atoms with Crippen LogP contribution in [0.3, 0.4) is 0 Å². The maximum atomic E-state index is 12.6. The molecule has 4 aliphatic rings. The summed E-state index contributed by atoms with van der Waals surface area (Å²) in [5, 5.41) is 0. The fourth-order valence-electron chi connectivity index (χ4n) is 10.00. The van der Waals surface area contributed by atoms with E-state index in [0.29, 0.717) is 61.0 Å². The van der Waals surface area contributed by atoms with Crippen LogP contribution in [0.1, 0.15) is 146 Å². The Labute approximate surface area is 367 Å². The number of primary amides is 2. The van der Waals surface area contributed by atoms with Crippen molar-refractivity contribution in [3.05, 3.63) is 116 Å². The molecular weight excluding hydrogens is 777 g/mol. The van der Waals surface area contributed by atoms with Gasteiger partial charge in [0.05, 0.1) is 0 Å². The molecule has 0 fully saturated rings. The van der Waals surface area contributed by atoms with Gasteiger partial charge in [-0.2, -0.15) is 0 Å². The number of rotatable bonds is 4. The first-order chi connectivity index (χ1) is 29.1. The van der Waals surface area contributed by atoms with Crippen molar-refractivity contribution < 1.29 is 28.7 Å². The topological polar surface area (TPSA) is 145 Å². The van der Waals surface area contributed by atoms with Crippen LogP contribution in [-0.4, -0.2) is 58.1 Å². The molecule has 2 aliphatic heterocycles. The van der Waals surface area contributed by atoms with Crippen LogP contribution in [0.5, 0.6) is 0 Å². The molecule has 0 saturated carbocycles. The number of nitrogens with zero attached hydrogens (tertiary/aromatic N) is 2. The summed E-state index contributed by atoms with van der Waals surface area (Å²) in [4.78, 5) is 52.8. The third kappa shape index (κ3) is 8.83. The lowest BCUT2D eigenvalue weighted by Gasteiger charge is -2.32. The summed E-state index contributed by atoms with van der Waals surface area (Å²) in [6.45, 7) is 22.6. The highest BCUT2D eigenvalue weighted by atomic mass is 16.6. The van der Waals surface area contributed by atoms with E-state index in [9.17, 15) is 19.2 Å². The van der Waals surface area contributed by atoms with Gasteiger partial charge in [0.15, 0.2) is 0 Å². The van der Waals surface area contributed by atoms with Crippen LogP contribution in [-0.2, 0) is 48.2 Å². The summed E-state index contributed by atoms with van der Waals surface area (Å²) in [5.41, 5.74) is 26.0. The van der Waals surface area contributed by atoms with Crippen LogP contribution in [0.25, 0.3) is 22.3 Å². The minimum absolute atomic E-state index is 0.266. The van der Waals surface area contributed by atoms with Crippen molar-refractivity contribution in [3.8, 4) is 22.3 Å². The van der Waals surface area contributed by atoms with Crippen LogP contribution in [0.4, 0.5) is 9.59 Å². The quantitative estimate of drug-likeness (QED) is 0.209. The first-order valence-corrected chi connectivity index (χ1v) is 22.2. The highest BCUT2D eigenvalue weighted by molar-refractivity contribution is 5.97. The predicted octanol–water partition coefficient (Wildman–Crippen LogP) is 10.1. The Hall–Kier alpha value is -5.64. The van der Waals surface area contributed by atoms with Crippen LogP contribution in [0.2, 0.25) is 0 Å². The normalized spacial score (nSPS) is 20.2. The Balaban J connectivity index is 0.000000186. The van der Waals surface area contributed by atoms with Gasteiger partial charge in [0.1, 0.15) is 11.2 Å². The molecule has 0 spiro atoms. The molecule has 10 nitrogen and oxygen atoms in total. The molecule has 0 bridgehead atoms. The third-order valence-corrected chi connectivity index (χ3v) is 13.3. The molecule has 0 radical (unpaired) electrons. The molecular formula is C52H64N4O6. The van der Waals surface area contributed by atoms with E-state index in [1.54, 1.807) is 9.80 Å². The van der Waals surface area contributed by atoms with Crippen molar-refractivity contribution in [1.29, 1.82) is 0 Å². The Morgan fingerprint density at radius 3 is 1.24 bits per heavy atom. The molecule has 8 rings (SSSR count). The fourth-order valence-corrected chi connectivity index (χ4v) is 10.00. The second-order valence-electron chi connectivity index (χ2n) is 20.0. The fraction of sp³-hybridized carbons (Fsp3) is 0.462. The lowest BCUT2D eigenvalue weighted by molar-refractivity contribution is 0.0214. The van der Waals surface area contributed by atoms with Gasteiger partial charge in [-0.05, 0) is 170 Å². The van der Waals surface area contributed by atoms with Crippen molar-refractivity contribution in [3.63, 3.8) is 0 Å². The molecule has 4 aromatic rings. The molecule has 0 aromatic heterocycles. The van der Waals surface area contributed by atoms with Crippen LogP contribution >= 0.6 is 0 Å². The number of fused-ring (bicyclic) bond motifs is 4. The summed E-state index contributed by atoms with van der Waals surface area (Å²) in [6, 6.07) is 20.5. The number of carbonyl (C=O) groups excluding carboxylic acids is 4. The molecule has 10 heteroatoms. The summed E-state index contributed by atoms with van der Waals surface area (Å²) in [6.07, 6.45) is 2.78.